The molecule has 682 valence electrons. The minimum Gasteiger partial charge on any atom is -0.322 e. The van der Waals surface area contributed by atoms with Gasteiger partial charge < -0.3 is 21.3 Å². The highest BCUT2D eigenvalue weighted by Crippen LogP contribution is 2.38. The monoisotopic (exact) mass is 1920 g/mol. The number of carbonyl (C=O) groups excluding carboxylic acids is 4. The number of nitrogens with zero attached hydrogens (tertiary/aromatic N) is 13. The number of para-hydroxylation sites is 1. The van der Waals surface area contributed by atoms with Crippen LogP contribution in [-0.2, 0) is 40.8 Å². The van der Waals surface area contributed by atoms with Crippen LogP contribution in [0.2, 0.25) is 10.0 Å². The van der Waals surface area contributed by atoms with E-state index in [0.29, 0.717) is 131 Å². The molecule has 16 aromatic rings. The zero-order chi connectivity index (χ0) is 94.6. The second-order valence-corrected chi connectivity index (χ2v) is 39.9. The number of benzene rings is 9. The molecular formula is C98H85Cl2N19O12S4. The SMILES string of the molecule is CN1CCN(c2ccc(C(=O)Nc3ccc(Cl)c(-c4ccc5cnccc5n4)c3)c(Cl)c2)S1(=O)=O.Cc1ccc(NC(=O)c2ccc(N3CCN(C)S3(=O)=O)cc2)cc1-c1nccc2ncccc12.Cc1ccc(NC(=O)c2ccc(N3CCNS3(=O)=O)cc2)cc1-c1ccc2ccccc2n1.Cc1ccc(NC(=O)c2ccc(N3CCNS3(=O)=O)cc2)cc1-c1ccc2cnccc2n1. The predicted molar refractivity (Wildman–Crippen MR) is 530 cm³/mol. The number of rotatable bonds is 16. The average Bonchev–Trinajstić information content (AvgIpc) is 1.26. The molecular weight excluding hydrogens is 1830 g/mol. The van der Waals surface area contributed by atoms with Crippen LogP contribution >= 0.6 is 23.2 Å². The highest BCUT2D eigenvalue weighted by Gasteiger charge is 2.37. The van der Waals surface area contributed by atoms with Gasteiger partial charge in [-0.15, -0.1) is 0 Å². The van der Waals surface area contributed by atoms with Gasteiger partial charge in [0.15, 0.2) is 0 Å². The third-order valence-electron chi connectivity index (χ3n) is 23.0. The topological polar surface area (TPSA) is 387 Å². The number of hydrogen-bond donors (Lipinski definition) is 6. The summed E-state index contributed by atoms with van der Waals surface area (Å²) in [6, 6.07) is 75.4. The van der Waals surface area contributed by atoms with E-state index >= 15 is 0 Å². The Labute approximate surface area is 788 Å². The van der Waals surface area contributed by atoms with Gasteiger partial charge in [0.25, 0.3) is 23.6 Å². The summed E-state index contributed by atoms with van der Waals surface area (Å²) in [6.45, 7) is 8.98. The lowest BCUT2D eigenvalue weighted by Gasteiger charge is -2.19. The third kappa shape index (κ3) is 20.2. The summed E-state index contributed by atoms with van der Waals surface area (Å²) in [7, 11) is -11.0. The van der Waals surface area contributed by atoms with Crippen LogP contribution in [0.4, 0.5) is 45.5 Å². The number of carbonyl (C=O) groups is 4. The van der Waals surface area contributed by atoms with Crippen molar-refractivity contribution >= 4 is 177 Å². The molecule has 0 aliphatic carbocycles. The first-order chi connectivity index (χ1) is 64.9. The Kier molecular flexibility index (Phi) is 26.6. The van der Waals surface area contributed by atoms with Crippen molar-refractivity contribution in [3.8, 4) is 45.0 Å². The lowest BCUT2D eigenvalue weighted by molar-refractivity contribution is 0.101. The summed E-state index contributed by atoms with van der Waals surface area (Å²) in [5.41, 5.74) is 19.0. The Hall–Kier alpha value is -14.6. The van der Waals surface area contributed by atoms with E-state index in [4.69, 9.17) is 33.2 Å². The average molecular weight is 1920 g/mol. The summed E-state index contributed by atoms with van der Waals surface area (Å²) < 4.78 is 110. The zero-order valence-corrected chi connectivity index (χ0v) is 77.7. The van der Waals surface area contributed by atoms with Crippen LogP contribution in [0.15, 0.2) is 292 Å². The molecule has 31 nitrogen and oxygen atoms in total. The number of halogens is 2. The first-order valence-electron chi connectivity index (χ1n) is 42.4. The van der Waals surface area contributed by atoms with Gasteiger partial charge >= 0.3 is 40.8 Å². The second kappa shape index (κ2) is 38.9. The van der Waals surface area contributed by atoms with Gasteiger partial charge in [0.05, 0.1) is 83.2 Å². The first kappa shape index (κ1) is 92.2. The van der Waals surface area contributed by atoms with Crippen molar-refractivity contribution < 1.29 is 52.8 Å². The second-order valence-electron chi connectivity index (χ2n) is 31.8. The molecule has 0 saturated carbocycles. The number of nitrogens with one attached hydrogen (secondary N) is 6. The molecule has 6 N–H and O–H groups in total. The van der Waals surface area contributed by atoms with E-state index in [0.717, 1.165) is 94.1 Å². The van der Waals surface area contributed by atoms with Gasteiger partial charge in [-0.3, -0.25) is 56.3 Å². The van der Waals surface area contributed by atoms with Gasteiger partial charge in [-0.25, -0.2) is 15.0 Å². The van der Waals surface area contributed by atoms with Gasteiger partial charge in [0.1, 0.15) is 0 Å². The number of anilines is 8. The molecule has 20 rings (SSSR count). The van der Waals surface area contributed by atoms with E-state index in [-0.39, 0.29) is 28.3 Å². The maximum absolute atomic E-state index is 13.0. The van der Waals surface area contributed by atoms with Crippen LogP contribution in [0.1, 0.15) is 58.1 Å². The van der Waals surface area contributed by atoms with Crippen LogP contribution in [0.3, 0.4) is 0 Å². The van der Waals surface area contributed by atoms with Crippen LogP contribution in [0.25, 0.3) is 88.6 Å². The number of fused-ring (bicyclic) bond motifs is 4. The van der Waals surface area contributed by atoms with E-state index in [9.17, 15) is 52.8 Å². The molecule has 4 saturated heterocycles. The van der Waals surface area contributed by atoms with Gasteiger partial charge in [-0.1, -0.05) is 65.7 Å². The zero-order valence-electron chi connectivity index (χ0n) is 73.0. The predicted octanol–water partition coefficient (Wildman–Crippen LogP) is 16.3. The summed E-state index contributed by atoms with van der Waals surface area (Å²) in [4.78, 5) is 82.8. The summed E-state index contributed by atoms with van der Waals surface area (Å²) in [5.74, 6) is -1.27. The van der Waals surface area contributed by atoms with Gasteiger partial charge in [-0.05, 0) is 250 Å². The normalized spacial score (nSPS) is 15.3. The summed E-state index contributed by atoms with van der Waals surface area (Å²) in [6.07, 6.45) is 10.4. The van der Waals surface area contributed by atoms with Crippen molar-refractivity contribution in [1.82, 2.24) is 52.9 Å². The molecule has 135 heavy (non-hydrogen) atoms. The molecule has 4 fully saturated rings. The van der Waals surface area contributed by atoms with Crippen molar-refractivity contribution in [1.29, 1.82) is 0 Å². The van der Waals surface area contributed by atoms with E-state index in [1.807, 2.05) is 166 Å². The van der Waals surface area contributed by atoms with Crippen LogP contribution in [-0.4, -0.2) is 167 Å². The highest BCUT2D eigenvalue weighted by molar-refractivity contribution is 7.91. The molecule has 0 atom stereocenters. The molecule has 7 aromatic heterocycles. The Morgan fingerprint density at radius 1 is 0.341 bits per heavy atom. The minimum atomic E-state index is -3.58. The third-order valence-corrected chi connectivity index (χ3v) is 30.6. The minimum absolute atomic E-state index is 0.142. The lowest BCUT2D eigenvalue weighted by atomic mass is 10.0. The number of amides is 4. The van der Waals surface area contributed by atoms with Crippen LogP contribution in [0.5, 0.6) is 0 Å². The first-order valence-corrected chi connectivity index (χ1v) is 48.8. The number of pyridine rings is 7. The number of aryl methyl sites for hydroxylation is 3. The summed E-state index contributed by atoms with van der Waals surface area (Å²) >= 11 is 12.8. The summed E-state index contributed by atoms with van der Waals surface area (Å²) in [5, 5.41) is 16.1. The van der Waals surface area contributed by atoms with Crippen LogP contribution < -0.4 is 47.9 Å². The van der Waals surface area contributed by atoms with Crippen molar-refractivity contribution in [3.63, 3.8) is 0 Å². The fourth-order valence-electron chi connectivity index (χ4n) is 15.6. The smallest absolute Gasteiger partial charge is 0.303 e. The lowest BCUT2D eigenvalue weighted by Crippen LogP contribution is -2.30. The van der Waals surface area contributed by atoms with E-state index in [1.54, 1.807) is 141 Å². The van der Waals surface area contributed by atoms with Crippen molar-refractivity contribution in [2.45, 2.75) is 20.8 Å². The number of aromatic nitrogens is 7. The molecule has 0 unspecified atom stereocenters. The van der Waals surface area contributed by atoms with Gasteiger partial charge in [-0.2, -0.15) is 51.7 Å². The molecule has 9 aromatic carbocycles. The maximum atomic E-state index is 13.0. The molecule has 37 heteroatoms. The highest BCUT2D eigenvalue weighted by atomic mass is 35.5. The number of hydrogen-bond acceptors (Lipinski definition) is 19. The standard InChI is InChI=1S/C25H23N5O3S.C25H22N4O3S.C24H19Cl2N5O3S.C24H21N5O3S/c1-17-5-8-19(16-22(17)24-21-4-3-12-26-23(21)11-13-27-24)28-25(31)18-6-9-20(10-7-18)30-15-14-29(2)34(30,32)33;1-17-6-10-20(16-22(17)24-13-9-18-4-2-3-5-23(18)28-24)27-25(30)19-7-11-21(12-8-19)29-15-14-26-33(29,31)32;1-30-10-11-31(35(30,33)34)17-4-5-18(21(26)13-17)24(32)28-16-3-6-20(25)19(12-16)23-7-2-15-14-27-9-8-22(15)29-23;1-16-2-6-19(14-21(16)23-9-5-18-15-25-11-10-22(18)28-23)27-24(30)17-3-7-20(8-4-17)29-13-12-26-33(29,31)32/h3-13,16H,14-15H2,1-2H3,(H,28,31);2-13,16,26H,14-15H2,1H3,(H,27,30);2-9,12-14H,10-11H2,1H3,(H,28,32);2-11,14-15,26H,12-13H2,1H3,(H,27,30). The number of likely N-dealkylation sites (N-methyl/N-ethyl adjacent to an activating group) is 2. The van der Waals surface area contributed by atoms with Crippen molar-refractivity contribution in [3.05, 3.63) is 341 Å². The molecule has 11 heterocycles. The van der Waals surface area contributed by atoms with Gasteiger partial charge in [0.2, 0.25) is 0 Å². The van der Waals surface area contributed by atoms with Crippen molar-refractivity contribution in [2.24, 2.45) is 0 Å². The van der Waals surface area contributed by atoms with Crippen molar-refractivity contribution in [2.75, 3.05) is 105 Å². The van der Waals surface area contributed by atoms with E-state index in [1.165, 1.54) is 45.0 Å². The Bertz CT molecular complexity index is 7630. The fourth-order valence-corrected chi connectivity index (χ4v) is 21.3. The molecule has 0 radical (unpaired) electrons. The molecule has 4 amide bonds. The maximum Gasteiger partial charge on any atom is 0.303 e. The van der Waals surface area contributed by atoms with E-state index in [2.05, 4.69) is 55.6 Å². The van der Waals surface area contributed by atoms with Gasteiger partial charge in [0, 0.05) is 187 Å². The Morgan fingerprint density at radius 3 is 1.21 bits per heavy atom. The van der Waals surface area contributed by atoms with Crippen LogP contribution in [0, 0.1) is 20.8 Å². The largest absolute Gasteiger partial charge is 0.322 e. The Balaban J connectivity index is 0.000000125. The fraction of sp³-hybridized carbons (Fsp3) is 0.133. The van der Waals surface area contributed by atoms with E-state index < -0.39 is 46.7 Å². The molecule has 4 aliphatic heterocycles. The quantitative estimate of drug-likeness (QED) is 0.0523. The molecule has 4 aliphatic rings. The molecule has 0 bridgehead atoms. The molecule has 0 spiro atoms. The Morgan fingerprint density at radius 2 is 0.748 bits per heavy atom.